The Kier molecular flexibility index (Phi) is 7.38. The Morgan fingerprint density at radius 1 is 1.13 bits per heavy atom. The second-order valence-corrected chi connectivity index (χ2v) is 6.76. The van der Waals surface area contributed by atoms with E-state index in [1.165, 1.54) is 0 Å². The molecule has 156 valence electrons. The number of nitriles is 1. The molecule has 2 amide bonds. The molecule has 0 bridgehead atoms. The molecule has 1 aliphatic heterocycles. The molecule has 2 aromatic rings. The molecule has 3 rings (SSSR count). The maximum absolute atomic E-state index is 12.4. The van der Waals surface area contributed by atoms with Crippen molar-refractivity contribution in [3.63, 3.8) is 0 Å². The number of nitrogens with one attached hydrogen (secondary N) is 2. The summed E-state index contributed by atoms with van der Waals surface area (Å²) in [6.07, 6.45) is 0. The van der Waals surface area contributed by atoms with Gasteiger partial charge in [-0.3, -0.25) is 14.5 Å². The van der Waals surface area contributed by atoms with E-state index in [1.807, 2.05) is 30.3 Å². The standard InChI is InChI=1S/C22H24N4O4/c1-29-18-8-6-16(7-9-18)20(26-10-12-30-13-11-26)15-24-21(27)22(28)25-19-5-3-2-4-17(19)14-23/h2-9,20H,10-13,15H2,1H3,(H,24,27)(H,25,28)/t20-/m0/s1. The van der Waals surface area contributed by atoms with Gasteiger partial charge in [0.2, 0.25) is 0 Å². The van der Waals surface area contributed by atoms with Crippen LogP contribution in [0.15, 0.2) is 48.5 Å². The quantitative estimate of drug-likeness (QED) is 0.705. The van der Waals surface area contributed by atoms with Crippen LogP contribution >= 0.6 is 0 Å². The molecule has 0 unspecified atom stereocenters. The predicted octanol–water partition coefficient (Wildman–Crippen LogP) is 1.70. The number of methoxy groups -OCH3 is 1. The van der Waals surface area contributed by atoms with Gasteiger partial charge in [0.25, 0.3) is 0 Å². The van der Waals surface area contributed by atoms with Crippen LogP contribution in [0, 0.1) is 11.3 Å². The number of anilines is 1. The molecule has 0 saturated carbocycles. The first-order valence-corrected chi connectivity index (χ1v) is 9.66. The van der Waals surface area contributed by atoms with Crippen molar-refractivity contribution >= 4 is 17.5 Å². The molecule has 1 saturated heterocycles. The Labute approximate surface area is 175 Å². The molecular formula is C22H24N4O4. The third-order valence-corrected chi connectivity index (χ3v) is 4.94. The van der Waals surface area contributed by atoms with Crippen molar-refractivity contribution in [1.29, 1.82) is 5.26 Å². The summed E-state index contributed by atoms with van der Waals surface area (Å²) >= 11 is 0. The molecule has 0 aliphatic carbocycles. The van der Waals surface area contributed by atoms with Gasteiger partial charge in [0.15, 0.2) is 0 Å². The molecule has 1 fully saturated rings. The maximum Gasteiger partial charge on any atom is 0.313 e. The molecule has 1 heterocycles. The number of morpholine rings is 1. The number of benzene rings is 2. The number of rotatable bonds is 6. The van der Waals surface area contributed by atoms with Crippen molar-refractivity contribution in [1.82, 2.24) is 10.2 Å². The average Bonchev–Trinajstić information content (AvgIpc) is 2.80. The largest absolute Gasteiger partial charge is 0.497 e. The van der Waals surface area contributed by atoms with E-state index in [9.17, 15) is 9.59 Å². The average molecular weight is 408 g/mol. The fraction of sp³-hybridized carbons (Fsp3) is 0.318. The first-order valence-electron chi connectivity index (χ1n) is 9.66. The summed E-state index contributed by atoms with van der Waals surface area (Å²) in [5, 5.41) is 14.3. The summed E-state index contributed by atoms with van der Waals surface area (Å²) in [7, 11) is 1.61. The van der Waals surface area contributed by atoms with Crippen molar-refractivity contribution < 1.29 is 19.1 Å². The lowest BCUT2D eigenvalue weighted by Gasteiger charge is -2.34. The number of amides is 2. The molecule has 2 N–H and O–H groups in total. The second-order valence-electron chi connectivity index (χ2n) is 6.76. The summed E-state index contributed by atoms with van der Waals surface area (Å²) in [5.41, 5.74) is 1.61. The summed E-state index contributed by atoms with van der Waals surface area (Å²) in [6, 6.07) is 16.1. The van der Waals surface area contributed by atoms with Crippen LogP contribution in [0.2, 0.25) is 0 Å². The number of nitrogens with zero attached hydrogens (tertiary/aromatic N) is 2. The lowest BCUT2D eigenvalue weighted by atomic mass is 10.0. The zero-order chi connectivity index (χ0) is 21.3. The van der Waals surface area contributed by atoms with Crippen LogP contribution in [-0.4, -0.2) is 56.7 Å². The Balaban J connectivity index is 1.67. The van der Waals surface area contributed by atoms with E-state index in [1.54, 1.807) is 31.4 Å². The lowest BCUT2D eigenvalue weighted by molar-refractivity contribution is -0.136. The van der Waals surface area contributed by atoms with E-state index in [0.717, 1.165) is 24.4 Å². The van der Waals surface area contributed by atoms with Gasteiger partial charge < -0.3 is 20.1 Å². The fourth-order valence-electron chi connectivity index (χ4n) is 3.31. The first kappa shape index (κ1) is 21.3. The number of para-hydroxylation sites is 1. The van der Waals surface area contributed by atoms with E-state index in [-0.39, 0.29) is 12.6 Å². The van der Waals surface area contributed by atoms with Crippen LogP contribution < -0.4 is 15.4 Å². The van der Waals surface area contributed by atoms with Crippen LogP contribution in [0.5, 0.6) is 5.75 Å². The minimum absolute atomic E-state index is 0.108. The van der Waals surface area contributed by atoms with Gasteiger partial charge in [-0.05, 0) is 29.8 Å². The maximum atomic E-state index is 12.4. The Hall–Kier alpha value is -3.41. The van der Waals surface area contributed by atoms with Crippen LogP contribution in [0.1, 0.15) is 17.2 Å². The molecular weight excluding hydrogens is 384 g/mol. The highest BCUT2D eigenvalue weighted by Crippen LogP contribution is 2.23. The smallest absolute Gasteiger partial charge is 0.313 e. The van der Waals surface area contributed by atoms with Crippen LogP contribution in [0.3, 0.4) is 0 Å². The number of carbonyl (C=O) groups is 2. The molecule has 1 atom stereocenters. The Morgan fingerprint density at radius 3 is 2.50 bits per heavy atom. The Morgan fingerprint density at radius 2 is 1.83 bits per heavy atom. The zero-order valence-corrected chi connectivity index (χ0v) is 16.8. The summed E-state index contributed by atoms with van der Waals surface area (Å²) in [6.45, 7) is 2.96. The zero-order valence-electron chi connectivity index (χ0n) is 16.8. The van der Waals surface area contributed by atoms with Gasteiger partial charge in [0.05, 0.1) is 37.6 Å². The monoisotopic (exact) mass is 408 g/mol. The van der Waals surface area contributed by atoms with Gasteiger partial charge in [0, 0.05) is 19.6 Å². The van der Waals surface area contributed by atoms with Crippen LogP contribution in [0.25, 0.3) is 0 Å². The summed E-state index contributed by atoms with van der Waals surface area (Å²) in [4.78, 5) is 26.9. The lowest BCUT2D eigenvalue weighted by Crippen LogP contribution is -2.45. The molecule has 8 heteroatoms. The van der Waals surface area contributed by atoms with E-state index in [2.05, 4.69) is 15.5 Å². The number of ether oxygens (including phenoxy) is 2. The van der Waals surface area contributed by atoms with Crippen molar-refractivity contribution in [3.05, 3.63) is 59.7 Å². The fourth-order valence-corrected chi connectivity index (χ4v) is 3.31. The molecule has 8 nitrogen and oxygen atoms in total. The predicted molar refractivity (Wildman–Crippen MR) is 111 cm³/mol. The minimum Gasteiger partial charge on any atom is -0.497 e. The van der Waals surface area contributed by atoms with E-state index in [0.29, 0.717) is 24.5 Å². The topological polar surface area (TPSA) is 104 Å². The van der Waals surface area contributed by atoms with Crippen LogP contribution in [-0.2, 0) is 14.3 Å². The van der Waals surface area contributed by atoms with Gasteiger partial charge >= 0.3 is 11.8 Å². The number of hydrogen-bond acceptors (Lipinski definition) is 6. The minimum atomic E-state index is -0.812. The summed E-state index contributed by atoms with van der Waals surface area (Å²) < 4.78 is 10.7. The van der Waals surface area contributed by atoms with Crippen molar-refractivity contribution in [3.8, 4) is 11.8 Å². The van der Waals surface area contributed by atoms with E-state index < -0.39 is 11.8 Å². The SMILES string of the molecule is COc1ccc([C@H](CNC(=O)C(=O)Nc2ccccc2C#N)N2CCOCC2)cc1. The van der Waals surface area contributed by atoms with Crippen molar-refractivity contribution in [2.45, 2.75) is 6.04 Å². The third kappa shape index (κ3) is 5.35. The van der Waals surface area contributed by atoms with Crippen LogP contribution in [0.4, 0.5) is 5.69 Å². The highest BCUT2D eigenvalue weighted by atomic mass is 16.5. The molecule has 1 aliphatic rings. The van der Waals surface area contributed by atoms with E-state index in [4.69, 9.17) is 14.7 Å². The van der Waals surface area contributed by atoms with E-state index >= 15 is 0 Å². The Bertz CT molecular complexity index is 917. The number of carbonyl (C=O) groups excluding carboxylic acids is 2. The number of hydrogen-bond donors (Lipinski definition) is 2. The van der Waals surface area contributed by atoms with Gasteiger partial charge in [-0.25, -0.2) is 0 Å². The van der Waals surface area contributed by atoms with Gasteiger partial charge in [-0.1, -0.05) is 24.3 Å². The summed E-state index contributed by atoms with van der Waals surface area (Å²) in [5.74, 6) is -0.818. The second kappa shape index (κ2) is 10.4. The molecule has 30 heavy (non-hydrogen) atoms. The molecule has 0 aromatic heterocycles. The molecule has 0 radical (unpaired) electrons. The first-order chi connectivity index (χ1) is 14.6. The third-order valence-electron chi connectivity index (χ3n) is 4.94. The van der Waals surface area contributed by atoms with Crippen molar-refractivity contribution in [2.75, 3.05) is 45.3 Å². The highest BCUT2D eigenvalue weighted by molar-refractivity contribution is 6.39. The highest BCUT2D eigenvalue weighted by Gasteiger charge is 2.24. The van der Waals surface area contributed by atoms with Gasteiger partial charge in [0.1, 0.15) is 11.8 Å². The van der Waals surface area contributed by atoms with Gasteiger partial charge in [-0.15, -0.1) is 0 Å². The molecule has 0 spiro atoms. The van der Waals surface area contributed by atoms with Gasteiger partial charge in [-0.2, -0.15) is 5.26 Å². The van der Waals surface area contributed by atoms with Crippen molar-refractivity contribution in [2.24, 2.45) is 0 Å². The normalized spacial score (nSPS) is 14.9. The molecule has 2 aromatic carbocycles.